The van der Waals surface area contributed by atoms with Gasteiger partial charge in [0.15, 0.2) is 5.52 Å². The van der Waals surface area contributed by atoms with Crippen LogP contribution in [-0.4, -0.2) is 66.3 Å². The van der Waals surface area contributed by atoms with Crippen molar-refractivity contribution in [3.05, 3.63) is 48.3 Å². The van der Waals surface area contributed by atoms with E-state index >= 15 is 0 Å². The summed E-state index contributed by atoms with van der Waals surface area (Å²) in [7, 11) is -3.30. The lowest BCUT2D eigenvalue weighted by Gasteiger charge is -2.30. The van der Waals surface area contributed by atoms with Crippen LogP contribution in [0.1, 0.15) is 19.4 Å². The zero-order valence-corrected chi connectivity index (χ0v) is 21.0. The Morgan fingerprint density at radius 1 is 1.24 bits per heavy atom. The minimum absolute atomic E-state index is 0. The quantitative estimate of drug-likeness (QED) is 0.506. The summed E-state index contributed by atoms with van der Waals surface area (Å²) in [6, 6.07) is 11.8. The van der Waals surface area contributed by atoms with Gasteiger partial charge in [0.1, 0.15) is 12.7 Å². The van der Waals surface area contributed by atoms with Gasteiger partial charge in [-0.15, -0.1) is 0 Å². The van der Waals surface area contributed by atoms with Gasteiger partial charge in [-0.05, 0) is 25.5 Å². The van der Waals surface area contributed by atoms with Crippen molar-refractivity contribution in [2.45, 2.75) is 25.4 Å². The summed E-state index contributed by atoms with van der Waals surface area (Å²) in [5.41, 5.74) is 2.97. The highest BCUT2D eigenvalue weighted by Gasteiger charge is 2.27. The number of morpholine rings is 1. The molecule has 34 heavy (non-hydrogen) atoms. The standard InChI is InChI=1S/C23H25N5O4S.H2S/c1-23(2,15-24)17-6-4-16(5-7-17)19-12-20-21(26-9-8-25-20)22(27-19)32-14-18-13-28(10-11-31-18)33(3,29)30;/h4-9,12,18H,10-11,13-14H2,1-3H3;1H2/t18-;/m0./s1. The molecule has 3 aromatic rings. The van der Waals surface area contributed by atoms with Crippen molar-refractivity contribution in [3.8, 4) is 23.2 Å². The van der Waals surface area contributed by atoms with Crippen molar-refractivity contribution in [2.75, 3.05) is 32.6 Å². The van der Waals surface area contributed by atoms with E-state index in [0.717, 1.165) is 11.1 Å². The fourth-order valence-electron chi connectivity index (χ4n) is 3.58. The van der Waals surface area contributed by atoms with Crippen molar-refractivity contribution in [1.82, 2.24) is 19.3 Å². The number of nitriles is 1. The minimum Gasteiger partial charge on any atom is -0.473 e. The normalized spacial score (nSPS) is 17.1. The molecule has 1 atom stereocenters. The van der Waals surface area contributed by atoms with Crippen LogP contribution in [0.4, 0.5) is 0 Å². The number of sulfonamides is 1. The number of benzene rings is 1. The second-order valence-corrected chi connectivity index (χ2v) is 10.5. The second-order valence-electron chi connectivity index (χ2n) is 8.48. The fraction of sp³-hybridized carbons (Fsp3) is 0.391. The van der Waals surface area contributed by atoms with Crippen molar-refractivity contribution < 1.29 is 17.9 Å². The number of fused-ring (bicyclic) bond motifs is 1. The molecule has 3 heterocycles. The van der Waals surface area contributed by atoms with Crippen LogP contribution in [0.15, 0.2) is 42.7 Å². The number of aromatic nitrogens is 3. The summed E-state index contributed by atoms with van der Waals surface area (Å²) in [4.78, 5) is 13.4. The third kappa shape index (κ3) is 5.64. The first-order valence-corrected chi connectivity index (χ1v) is 12.4. The summed E-state index contributed by atoms with van der Waals surface area (Å²) in [5, 5.41) is 9.38. The molecule has 1 aliphatic rings. The third-order valence-electron chi connectivity index (χ3n) is 5.58. The lowest BCUT2D eigenvalue weighted by molar-refractivity contribution is -0.0252. The highest BCUT2D eigenvalue weighted by atomic mass is 32.2. The van der Waals surface area contributed by atoms with Crippen LogP contribution >= 0.6 is 13.5 Å². The molecule has 180 valence electrons. The van der Waals surface area contributed by atoms with E-state index in [2.05, 4.69) is 21.0 Å². The van der Waals surface area contributed by atoms with Gasteiger partial charge in [0.25, 0.3) is 0 Å². The zero-order chi connectivity index (χ0) is 23.6. The van der Waals surface area contributed by atoms with Crippen LogP contribution in [0.2, 0.25) is 0 Å². The third-order valence-corrected chi connectivity index (χ3v) is 6.85. The Hall–Kier alpha value is -2.78. The first kappa shape index (κ1) is 25.8. The van der Waals surface area contributed by atoms with Gasteiger partial charge in [-0.3, -0.25) is 4.98 Å². The van der Waals surface area contributed by atoms with E-state index in [9.17, 15) is 13.7 Å². The van der Waals surface area contributed by atoms with E-state index in [1.165, 1.54) is 10.6 Å². The molecule has 1 saturated heterocycles. The number of ether oxygens (including phenoxy) is 2. The van der Waals surface area contributed by atoms with E-state index in [-0.39, 0.29) is 26.6 Å². The van der Waals surface area contributed by atoms with Crippen LogP contribution in [0.3, 0.4) is 0 Å². The average Bonchev–Trinajstić information content (AvgIpc) is 2.82. The topological polar surface area (TPSA) is 118 Å². The molecule has 0 bridgehead atoms. The number of rotatable bonds is 6. The van der Waals surface area contributed by atoms with Crippen molar-refractivity contribution >= 4 is 34.6 Å². The van der Waals surface area contributed by atoms with E-state index < -0.39 is 21.5 Å². The van der Waals surface area contributed by atoms with Gasteiger partial charge >= 0.3 is 0 Å². The fourth-order valence-corrected chi connectivity index (χ4v) is 4.42. The predicted molar refractivity (Wildman–Crippen MR) is 133 cm³/mol. The Balaban J connectivity index is 0.00000324. The molecule has 4 rings (SSSR count). The van der Waals surface area contributed by atoms with Crippen LogP contribution in [0, 0.1) is 11.3 Å². The van der Waals surface area contributed by atoms with Crippen molar-refractivity contribution in [1.29, 1.82) is 5.26 Å². The monoisotopic (exact) mass is 501 g/mol. The molecule has 0 amide bonds. The maximum Gasteiger partial charge on any atom is 0.242 e. The Labute approximate surface area is 206 Å². The molecule has 9 nitrogen and oxygen atoms in total. The average molecular weight is 502 g/mol. The van der Waals surface area contributed by atoms with Crippen LogP contribution in [0.25, 0.3) is 22.3 Å². The molecule has 1 aromatic carbocycles. The van der Waals surface area contributed by atoms with Crippen LogP contribution < -0.4 is 4.74 Å². The number of pyridine rings is 1. The Kier molecular flexibility index (Phi) is 7.77. The Bertz CT molecular complexity index is 1310. The number of nitrogens with zero attached hydrogens (tertiary/aromatic N) is 5. The molecular formula is C23H27N5O4S2. The molecule has 1 aliphatic heterocycles. The van der Waals surface area contributed by atoms with E-state index in [0.29, 0.717) is 35.8 Å². The maximum absolute atomic E-state index is 11.9. The van der Waals surface area contributed by atoms with Gasteiger partial charge in [-0.1, -0.05) is 24.3 Å². The molecule has 1 fully saturated rings. The molecule has 0 unspecified atom stereocenters. The van der Waals surface area contributed by atoms with E-state index in [4.69, 9.17) is 9.47 Å². The first-order valence-electron chi connectivity index (χ1n) is 10.5. The van der Waals surface area contributed by atoms with Gasteiger partial charge in [0.2, 0.25) is 15.9 Å². The van der Waals surface area contributed by atoms with Gasteiger partial charge in [-0.25, -0.2) is 18.4 Å². The number of hydrogen-bond donors (Lipinski definition) is 0. The van der Waals surface area contributed by atoms with Gasteiger partial charge < -0.3 is 9.47 Å². The smallest absolute Gasteiger partial charge is 0.242 e. The Morgan fingerprint density at radius 2 is 1.94 bits per heavy atom. The number of hydrogen-bond acceptors (Lipinski definition) is 8. The lowest BCUT2D eigenvalue weighted by atomic mass is 9.86. The van der Waals surface area contributed by atoms with E-state index in [1.807, 2.05) is 44.2 Å². The SMILES string of the molecule is CC(C)(C#N)c1ccc(-c2cc3nccnc3c(OC[C@@H]3CN(S(C)(=O)=O)CCO3)n2)cc1.S. The van der Waals surface area contributed by atoms with Crippen LogP contribution in [0.5, 0.6) is 5.88 Å². The molecule has 2 aromatic heterocycles. The van der Waals surface area contributed by atoms with Gasteiger partial charge in [0.05, 0.1) is 35.6 Å². The summed E-state index contributed by atoms with van der Waals surface area (Å²) >= 11 is 0. The molecular weight excluding hydrogens is 474 g/mol. The highest BCUT2D eigenvalue weighted by molar-refractivity contribution is 7.88. The van der Waals surface area contributed by atoms with Crippen molar-refractivity contribution in [3.63, 3.8) is 0 Å². The van der Waals surface area contributed by atoms with Crippen LogP contribution in [-0.2, 0) is 20.2 Å². The molecule has 0 N–H and O–H groups in total. The largest absolute Gasteiger partial charge is 0.473 e. The first-order chi connectivity index (χ1) is 15.7. The predicted octanol–water partition coefficient (Wildman–Crippen LogP) is 2.64. The maximum atomic E-state index is 11.9. The zero-order valence-electron chi connectivity index (χ0n) is 19.2. The molecule has 0 saturated carbocycles. The molecule has 0 radical (unpaired) electrons. The van der Waals surface area contributed by atoms with Gasteiger partial charge in [-0.2, -0.15) is 23.1 Å². The van der Waals surface area contributed by atoms with Gasteiger partial charge in [0, 0.05) is 31.0 Å². The summed E-state index contributed by atoms with van der Waals surface area (Å²) < 4.78 is 36.8. The lowest BCUT2D eigenvalue weighted by Crippen LogP contribution is -2.47. The summed E-state index contributed by atoms with van der Waals surface area (Å²) in [6.45, 7) is 4.73. The van der Waals surface area contributed by atoms with Crippen molar-refractivity contribution in [2.24, 2.45) is 0 Å². The highest BCUT2D eigenvalue weighted by Crippen LogP contribution is 2.29. The Morgan fingerprint density at radius 3 is 2.62 bits per heavy atom. The minimum atomic E-state index is -3.30. The molecule has 0 aliphatic carbocycles. The van der Waals surface area contributed by atoms with E-state index in [1.54, 1.807) is 12.4 Å². The summed E-state index contributed by atoms with van der Waals surface area (Å²) in [5.74, 6) is 0.303. The molecule has 11 heteroatoms. The second kappa shape index (κ2) is 10.2. The molecule has 0 spiro atoms. The summed E-state index contributed by atoms with van der Waals surface area (Å²) in [6.07, 6.45) is 3.94.